The Bertz CT molecular complexity index is 375. The van der Waals surface area contributed by atoms with E-state index in [1.165, 1.54) is 0 Å². The third-order valence-electron chi connectivity index (χ3n) is 4.45. The molecule has 3 atom stereocenters. The SMILES string of the molecule is CC1CN(C)CCCN1C(=O)NC1CCCC1C(=O)O. The number of amides is 2. The number of nitrogens with zero attached hydrogens (tertiary/aromatic N) is 2. The molecular formula is C14H25N3O3. The van der Waals surface area contributed by atoms with Gasteiger partial charge in [-0.1, -0.05) is 6.42 Å². The maximum Gasteiger partial charge on any atom is 0.317 e. The molecule has 114 valence electrons. The number of carboxylic acid groups (broad SMARTS) is 1. The predicted molar refractivity (Wildman–Crippen MR) is 75.6 cm³/mol. The van der Waals surface area contributed by atoms with Crippen LogP contribution in [0.15, 0.2) is 0 Å². The van der Waals surface area contributed by atoms with Crippen LogP contribution in [0.2, 0.25) is 0 Å². The molecule has 0 radical (unpaired) electrons. The first-order valence-corrected chi connectivity index (χ1v) is 7.47. The Hall–Kier alpha value is -1.30. The van der Waals surface area contributed by atoms with Gasteiger partial charge in [-0.3, -0.25) is 4.79 Å². The second-order valence-electron chi connectivity index (χ2n) is 6.09. The standard InChI is InChI=1S/C14H25N3O3/c1-10-9-16(2)7-4-8-17(10)14(20)15-12-6-3-5-11(12)13(18)19/h10-12H,3-9H2,1-2H3,(H,15,20)(H,18,19). The minimum absolute atomic E-state index is 0.106. The van der Waals surface area contributed by atoms with Gasteiger partial charge in [0.1, 0.15) is 0 Å². The van der Waals surface area contributed by atoms with E-state index in [-0.39, 0.29) is 18.1 Å². The van der Waals surface area contributed by atoms with E-state index in [2.05, 4.69) is 17.3 Å². The van der Waals surface area contributed by atoms with Gasteiger partial charge in [0, 0.05) is 25.2 Å². The Morgan fingerprint density at radius 3 is 2.65 bits per heavy atom. The number of carbonyl (C=O) groups excluding carboxylic acids is 1. The first-order chi connectivity index (χ1) is 9.49. The molecule has 0 aromatic heterocycles. The van der Waals surface area contributed by atoms with Gasteiger partial charge < -0.3 is 20.2 Å². The Morgan fingerprint density at radius 1 is 1.20 bits per heavy atom. The van der Waals surface area contributed by atoms with Crippen molar-refractivity contribution < 1.29 is 14.7 Å². The number of carbonyl (C=O) groups is 2. The van der Waals surface area contributed by atoms with Gasteiger partial charge in [0.25, 0.3) is 0 Å². The minimum atomic E-state index is -0.795. The number of hydrogen-bond acceptors (Lipinski definition) is 3. The van der Waals surface area contributed by atoms with Gasteiger partial charge in [-0.25, -0.2) is 4.79 Å². The molecule has 2 aliphatic rings. The predicted octanol–water partition coefficient (Wildman–Crippen LogP) is 0.975. The lowest BCUT2D eigenvalue weighted by atomic mass is 10.0. The van der Waals surface area contributed by atoms with E-state index >= 15 is 0 Å². The first kappa shape index (κ1) is 15.1. The summed E-state index contributed by atoms with van der Waals surface area (Å²) < 4.78 is 0. The summed E-state index contributed by atoms with van der Waals surface area (Å²) in [7, 11) is 2.06. The zero-order chi connectivity index (χ0) is 14.7. The van der Waals surface area contributed by atoms with E-state index in [4.69, 9.17) is 5.11 Å². The van der Waals surface area contributed by atoms with E-state index in [1.807, 2.05) is 11.8 Å². The maximum atomic E-state index is 12.4. The maximum absolute atomic E-state index is 12.4. The van der Waals surface area contributed by atoms with Crippen LogP contribution < -0.4 is 5.32 Å². The number of urea groups is 1. The summed E-state index contributed by atoms with van der Waals surface area (Å²) in [6.07, 6.45) is 3.27. The second kappa shape index (κ2) is 6.43. The molecule has 20 heavy (non-hydrogen) atoms. The molecule has 2 N–H and O–H groups in total. The van der Waals surface area contributed by atoms with Crippen LogP contribution in [-0.4, -0.2) is 65.7 Å². The number of carboxylic acids is 1. The van der Waals surface area contributed by atoms with Crippen LogP contribution in [-0.2, 0) is 4.79 Å². The molecule has 1 heterocycles. The molecular weight excluding hydrogens is 258 g/mol. The van der Waals surface area contributed by atoms with Crippen molar-refractivity contribution >= 4 is 12.0 Å². The molecule has 1 saturated carbocycles. The molecule has 0 aromatic rings. The summed E-state index contributed by atoms with van der Waals surface area (Å²) in [5.74, 6) is -1.22. The topological polar surface area (TPSA) is 72.9 Å². The lowest BCUT2D eigenvalue weighted by Crippen LogP contribution is -2.51. The fourth-order valence-corrected chi connectivity index (χ4v) is 3.34. The average molecular weight is 283 g/mol. The highest BCUT2D eigenvalue weighted by Crippen LogP contribution is 2.26. The molecule has 2 amide bonds. The first-order valence-electron chi connectivity index (χ1n) is 7.47. The van der Waals surface area contributed by atoms with Gasteiger partial charge in [0.2, 0.25) is 0 Å². The van der Waals surface area contributed by atoms with Crippen LogP contribution >= 0.6 is 0 Å². The molecule has 2 fully saturated rings. The zero-order valence-corrected chi connectivity index (χ0v) is 12.3. The van der Waals surface area contributed by atoms with Crippen LogP contribution in [0.1, 0.15) is 32.6 Å². The molecule has 3 unspecified atom stereocenters. The highest BCUT2D eigenvalue weighted by molar-refractivity contribution is 5.77. The lowest BCUT2D eigenvalue weighted by Gasteiger charge is -2.30. The third-order valence-corrected chi connectivity index (χ3v) is 4.45. The molecule has 6 nitrogen and oxygen atoms in total. The number of likely N-dealkylation sites (N-methyl/N-ethyl adjacent to an activating group) is 1. The van der Waals surface area contributed by atoms with E-state index in [1.54, 1.807) is 0 Å². The summed E-state index contributed by atoms with van der Waals surface area (Å²) >= 11 is 0. The Labute approximate surface area is 120 Å². The van der Waals surface area contributed by atoms with Gasteiger partial charge >= 0.3 is 12.0 Å². The number of nitrogens with one attached hydrogen (secondary N) is 1. The quantitative estimate of drug-likeness (QED) is 0.792. The van der Waals surface area contributed by atoms with Gasteiger partial charge in [-0.2, -0.15) is 0 Å². The summed E-state index contributed by atoms with van der Waals surface area (Å²) in [5.41, 5.74) is 0. The monoisotopic (exact) mass is 283 g/mol. The Balaban J connectivity index is 1.95. The minimum Gasteiger partial charge on any atom is -0.481 e. The third kappa shape index (κ3) is 3.42. The van der Waals surface area contributed by atoms with Gasteiger partial charge in [0.15, 0.2) is 0 Å². The van der Waals surface area contributed by atoms with Gasteiger partial charge in [-0.05, 0) is 39.8 Å². The second-order valence-corrected chi connectivity index (χ2v) is 6.09. The van der Waals surface area contributed by atoms with E-state index < -0.39 is 11.9 Å². The lowest BCUT2D eigenvalue weighted by molar-refractivity contribution is -0.142. The van der Waals surface area contributed by atoms with Crippen molar-refractivity contribution in [3.63, 3.8) is 0 Å². The molecule has 6 heteroatoms. The van der Waals surface area contributed by atoms with Crippen molar-refractivity contribution in [3.8, 4) is 0 Å². The highest BCUT2D eigenvalue weighted by Gasteiger charge is 2.35. The molecule has 1 aliphatic carbocycles. The fourth-order valence-electron chi connectivity index (χ4n) is 3.34. The summed E-state index contributed by atoms with van der Waals surface area (Å²) in [5, 5.41) is 12.1. The average Bonchev–Trinajstić information content (AvgIpc) is 2.75. The van der Waals surface area contributed by atoms with Crippen LogP contribution in [0, 0.1) is 5.92 Å². The van der Waals surface area contributed by atoms with Crippen molar-refractivity contribution in [2.75, 3.05) is 26.7 Å². The van der Waals surface area contributed by atoms with Gasteiger partial charge in [0.05, 0.1) is 5.92 Å². The van der Waals surface area contributed by atoms with E-state index in [0.717, 1.165) is 38.9 Å². The Morgan fingerprint density at radius 2 is 1.95 bits per heavy atom. The van der Waals surface area contributed by atoms with E-state index in [0.29, 0.717) is 6.42 Å². The fraction of sp³-hybridized carbons (Fsp3) is 0.857. The smallest absolute Gasteiger partial charge is 0.317 e. The van der Waals surface area contributed by atoms with Crippen LogP contribution in [0.4, 0.5) is 4.79 Å². The van der Waals surface area contributed by atoms with Crippen molar-refractivity contribution in [1.29, 1.82) is 0 Å². The largest absolute Gasteiger partial charge is 0.481 e. The summed E-state index contributed by atoms with van der Waals surface area (Å²) in [6.45, 7) is 4.64. The summed E-state index contributed by atoms with van der Waals surface area (Å²) in [4.78, 5) is 27.6. The van der Waals surface area contributed by atoms with Gasteiger partial charge in [-0.15, -0.1) is 0 Å². The van der Waals surface area contributed by atoms with Crippen molar-refractivity contribution in [3.05, 3.63) is 0 Å². The van der Waals surface area contributed by atoms with E-state index in [9.17, 15) is 9.59 Å². The molecule has 0 spiro atoms. The normalized spacial score (nSPS) is 31.9. The van der Waals surface area contributed by atoms with Crippen LogP contribution in [0.25, 0.3) is 0 Å². The number of rotatable bonds is 2. The molecule has 1 saturated heterocycles. The molecule has 2 rings (SSSR count). The van der Waals surface area contributed by atoms with Crippen LogP contribution in [0.5, 0.6) is 0 Å². The highest BCUT2D eigenvalue weighted by atomic mass is 16.4. The van der Waals surface area contributed by atoms with Crippen molar-refractivity contribution in [2.45, 2.75) is 44.7 Å². The Kier molecular flexibility index (Phi) is 4.86. The van der Waals surface area contributed by atoms with Crippen LogP contribution in [0.3, 0.4) is 0 Å². The molecule has 0 aromatic carbocycles. The molecule has 0 bridgehead atoms. The number of aliphatic carboxylic acids is 1. The number of hydrogen-bond donors (Lipinski definition) is 2. The summed E-state index contributed by atoms with van der Waals surface area (Å²) in [6, 6.07) is -0.161. The van der Waals surface area contributed by atoms with Crippen molar-refractivity contribution in [1.82, 2.24) is 15.1 Å². The zero-order valence-electron chi connectivity index (χ0n) is 12.3. The van der Waals surface area contributed by atoms with Crippen molar-refractivity contribution in [2.24, 2.45) is 5.92 Å². The molecule has 1 aliphatic heterocycles.